The lowest BCUT2D eigenvalue weighted by molar-refractivity contribution is 0.277. The van der Waals surface area contributed by atoms with Gasteiger partial charge in [0, 0.05) is 18.0 Å². The number of benzene rings is 1. The number of aromatic amines is 1. The molecule has 0 aliphatic carbocycles. The Morgan fingerprint density at radius 2 is 1.95 bits per heavy atom. The fourth-order valence-electron chi connectivity index (χ4n) is 1.47. The van der Waals surface area contributed by atoms with Gasteiger partial charge in [0.15, 0.2) is 0 Å². The average molecular weight is 367 g/mol. The van der Waals surface area contributed by atoms with E-state index in [-0.39, 0.29) is 21.7 Å². The largest absolute Gasteiger partial charge is 0.390 e. The Morgan fingerprint density at radius 3 is 2.55 bits per heavy atom. The quantitative estimate of drug-likeness (QED) is 0.726. The van der Waals surface area contributed by atoms with Crippen LogP contribution in [0.5, 0.6) is 0 Å². The number of rotatable bonds is 4. The van der Waals surface area contributed by atoms with Crippen LogP contribution in [0.2, 0.25) is 0 Å². The van der Waals surface area contributed by atoms with Gasteiger partial charge in [0.25, 0.3) is 10.0 Å². The fourth-order valence-corrected chi connectivity index (χ4v) is 2.86. The molecule has 2 aromatic rings. The molecular formula is C11H9BrF2N2O3S. The highest BCUT2D eigenvalue weighted by molar-refractivity contribution is 9.10. The fraction of sp³-hybridized carbons (Fsp3) is 0.0909. The van der Waals surface area contributed by atoms with Crippen LogP contribution in [0.25, 0.3) is 0 Å². The summed E-state index contributed by atoms with van der Waals surface area (Å²) in [6.45, 7) is -0.364. The van der Waals surface area contributed by atoms with E-state index in [0.717, 1.165) is 18.3 Å². The number of halogens is 3. The molecule has 0 bridgehead atoms. The van der Waals surface area contributed by atoms with Gasteiger partial charge in [-0.25, -0.2) is 17.2 Å². The van der Waals surface area contributed by atoms with Crippen molar-refractivity contribution in [3.05, 3.63) is 46.2 Å². The average Bonchev–Trinajstić information content (AvgIpc) is 2.85. The Bertz CT molecular complexity index is 746. The molecule has 108 valence electrons. The van der Waals surface area contributed by atoms with Crippen LogP contribution in [0.3, 0.4) is 0 Å². The summed E-state index contributed by atoms with van der Waals surface area (Å²) in [4.78, 5) is 2.35. The molecule has 0 atom stereocenters. The number of aliphatic hydroxyl groups is 1. The lowest BCUT2D eigenvalue weighted by Gasteiger charge is -2.08. The maximum Gasteiger partial charge on any atom is 0.263 e. The number of aromatic nitrogens is 1. The monoisotopic (exact) mass is 366 g/mol. The second kappa shape index (κ2) is 5.51. The first-order chi connectivity index (χ1) is 9.33. The molecule has 3 N–H and O–H groups in total. The van der Waals surface area contributed by atoms with E-state index in [1.165, 1.54) is 6.07 Å². The number of sulfonamides is 1. The summed E-state index contributed by atoms with van der Waals surface area (Å²) < 4.78 is 52.6. The molecule has 0 spiro atoms. The van der Waals surface area contributed by atoms with Crippen LogP contribution in [0.4, 0.5) is 14.5 Å². The van der Waals surface area contributed by atoms with Crippen molar-refractivity contribution in [1.82, 2.24) is 4.98 Å². The highest BCUT2D eigenvalue weighted by atomic mass is 79.9. The molecule has 1 aromatic carbocycles. The zero-order valence-electron chi connectivity index (χ0n) is 9.82. The van der Waals surface area contributed by atoms with Gasteiger partial charge in [0.05, 0.1) is 16.8 Å². The molecule has 0 radical (unpaired) electrons. The van der Waals surface area contributed by atoms with E-state index < -0.39 is 27.3 Å². The Morgan fingerprint density at radius 1 is 1.25 bits per heavy atom. The lowest BCUT2D eigenvalue weighted by atomic mass is 10.3. The summed E-state index contributed by atoms with van der Waals surface area (Å²) >= 11 is 2.79. The van der Waals surface area contributed by atoms with Gasteiger partial charge in [-0.3, -0.25) is 4.72 Å². The first-order valence-corrected chi connectivity index (χ1v) is 7.56. The van der Waals surface area contributed by atoms with Gasteiger partial charge in [-0.05, 0) is 28.1 Å². The van der Waals surface area contributed by atoms with E-state index >= 15 is 0 Å². The highest BCUT2D eigenvalue weighted by Crippen LogP contribution is 2.25. The molecule has 0 fully saturated rings. The number of anilines is 1. The molecule has 0 amide bonds. The molecule has 0 saturated heterocycles. The van der Waals surface area contributed by atoms with Crippen molar-refractivity contribution in [3.8, 4) is 0 Å². The summed E-state index contributed by atoms with van der Waals surface area (Å²) in [6, 6.07) is 2.75. The summed E-state index contributed by atoms with van der Waals surface area (Å²) in [5.74, 6) is -1.71. The molecule has 1 heterocycles. The second-order valence-corrected chi connectivity index (χ2v) is 6.41. The minimum Gasteiger partial charge on any atom is -0.390 e. The smallest absolute Gasteiger partial charge is 0.263 e. The van der Waals surface area contributed by atoms with Crippen molar-refractivity contribution in [2.24, 2.45) is 0 Å². The third-order valence-corrected chi connectivity index (χ3v) is 4.40. The van der Waals surface area contributed by atoms with Crippen LogP contribution in [0.15, 0.2) is 33.8 Å². The molecule has 1 aromatic heterocycles. The Balaban J connectivity index is 2.35. The van der Waals surface area contributed by atoms with Crippen molar-refractivity contribution in [2.45, 2.75) is 11.5 Å². The normalized spacial score (nSPS) is 11.6. The molecule has 0 aliphatic rings. The zero-order chi connectivity index (χ0) is 14.9. The SMILES string of the molecule is O=S(=O)(Nc1cc(F)c(Br)cc1F)c1c[nH]c(CO)c1. The van der Waals surface area contributed by atoms with Crippen LogP contribution in [0, 0.1) is 11.6 Å². The van der Waals surface area contributed by atoms with E-state index in [1.54, 1.807) is 0 Å². The van der Waals surface area contributed by atoms with Gasteiger partial charge >= 0.3 is 0 Å². The van der Waals surface area contributed by atoms with Crippen molar-refractivity contribution in [1.29, 1.82) is 0 Å². The van der Waals surface area contributed by atoms with Crippen molar-refractivity contribution in [2.75, 3.05) is 4.72 Å². The molecular weight excluding hydrogens is 358 g/mol. The van der Waals surface area contributed by atoms with Crippen LogP contribution in [0.1, 0.15) is 5.69 Å². The van der Waals surface area contributed by atoms with E-state index in [4.69, 9.17) is 5.11 Å². The molecule has 5 nitrogen and oxygen atoms in total. The van der Waals surface area contributed by atoms with Crippen LogP contribution in [-0.4, -0.2) is 18.5 Å². The minimum atomic E-state index is -4.07. The lowest BCUT2D eigenvalue weighted by Crippen LogP contribution is -2.13. The molecule has 2 rings (SSSR count). The van der Waals surface area contributed by atoms with E-state index in [0.29, 0.717) is 0 Å². The molecule has 0 aliphatic heterocycles. The Labute approximate surface area is 121 Å². The number of aliphatic hydroxyl groups excluding tert-OH is 1. The minimum absolute atomic E-state index is 0.109. The maximum absolute atomic E-state index is 13.6. The Kier molecular flexibility index (Phi) is 4.11. The van der Waals surface area contributed by atoms with Gasteiger partial charge in [0.2, 0.25) is 0 Å². The summed E-state index contributed by atoms with van der Waals surface area (Å²) in [7, 11) is -4.07. The van der Waals surface area contributed by atoms with Gasteiger partial charge < -0.3 is 10.1 Å². The first kappa shape index (κ1) is 14.9. The van der Waals surface area contributed by atoms with E-state index in [9.17, 15) is 17.2 Å². The highest BCUT2D eigenvalue weighted by Gasteiger charge is 2.19. The number of nitrogens with one attached hydrogen (secondary N) is 2. The third-order valence-electron chi connectivity index (χ3n) is 2.45. The number of hydrogen-bond acceptors (Lipinski definition) is 3. The summed E-state index contributed by atoms with van der Waals surface area (Å²) in [6.07, 6.45) is 1.14. The topological polar surface area (TPSA) is 82.2 Å². The number of hydrogen-bond donors (Lipinski definition) is 3. The van der Waals surface area contributed by atoms with Gasteiger partial charge in [-0.1, -0.05) is 0 Å². The van der Waals surface area contributed by atoms with E-state index in [2.05, 4.69) is 20.9 Å². The van der Waals surface area contributed by atoms with Crippen molar-refractivity contribution >= 4 is 31.6 Å². The summed E-state index contributed by atoms with van der Waals surface area (Å²) in [5, 5.41) is 8.86. The van der Waals surface area contributed by atoms with E-state index in [1.807, 2.05) is 4.72 Å². The number of H-pyrrole nitrogens is 1. The van der Waals surface area contributed by atoms with Crippen molar-refractivity contribution in [3.63, 3.8) is 0 Å². The molecule has 20 heavy (non-hydrogen) atoms. The predicted octanol–water partition coefficient (Wildman–Crippen LogP) is 2.35. The van der Waals surface area contributed by atoms with Gasteiger partial charge in [0.1, 0.15) is 16.5 Å². The molecule has 0 saturated carbocycles. The van der Waals surface area contributed by atoms with Crippen LogP contribution < -0.4 is 4.72 Å². The van der Waals surface area contributed by atoms with Crippen LogP contribution >= 0.6 is 15.9 Å². The standard InChI is InChI=1S/C11H9BrF2N2O3S/c12-8-2-10(14)11(3-9(8)13)16-20(18,19)7-1-6(5-17)15-4-7/h1-4,15-17H,5H2. The van der Waals surface area contributed by atoms with Crippen LogP contribution in [-0.2, 0) is 16.6 Å². The molecule has 0 unspecified atom stereocenters. The van der Waals surface area contributed by atoms with Gasteiger partial charge in [-0.2, -0.15) is 0 Å². The molecule has 9 heteroatoms. The first-order valence-electron chi connectivity index (χ1n) is 5.29. The maximum atomic E-state index is 13.6. The zero-order valence-corrected chi connectivity index (χ0v) is 12.2. The second-order valence-electron chi connectivity index (χ2n) is 3.87. The summed E-state index contributed by atoms with van der Waals surface area (Å²) in [5.41, 5.74) is -0.217. The predicted molar refractivity (Wildman–Crippen MR) is 71.6 cm³/mol. The van der Waals surface area contributed by atoms with Gasteiger partial charge in [-0.15, -0.1) is 0 Å². The third kappa shape index (κ3) is 3.00. The van der Waals surface area contributed by atoms with Crippen molar-refractivity contribution < 1.29 is 22.3 Å². The Hall–Kier alpha value is -1.45.